The van der Waals surface area contributed by atoms with Crippen LogP contribution in [0, 0.1) is 0 Å². The van der Waals surface area contributed by atoms with Gasteiger partial charge in [-0.05, 0) is 32.7 Å². The van der Waals surface area contributed by atoms with Gasteiger partial charge in [-0.2, -0.15) is 0 Å². The van der Waals surface area contributed by atoms with Crippen LogP contribution in [0.25, 0.3) is 0 Å². The van der Waals surface area contributed by atoms with E-state index in [1.165, 1.54) is 25.9 Å². The van der Waals surface area contributed by atoms with Crippen molar-refractivity contribution >= 4 is 0 Å². The number of rotatable bonds is 4. The van der Waals surface area contributed by atoms with E-state index < -0.39 is 0 Å². The first-order valence-corrected chi connectivity index (χ1v) is 4.92. The molecule has 1 unspecified atom stereocenters. The molecule has 1 aliphatic rings. The van der Waals surface area contributed by atoms with Gasteiger partial charge in [0.1, 0.15) is 0 Å². The minimum Gasteiger partial charge on any atom is -0.328 e. The van der Waals surface area contributed by atoms with Crippen molar-refractivity contribution in [2.75, 3.05) is 19.6 Å². The maximum atomic E-state index is 5.68. The first-order chi connectivity index (χ1) is 5.79. The summed E-state index contributed by atoms with van der Waals surface area (Å²) in [6.07, 6.45) is 8.14. The predicted octanol–water partition coefficient (Wildman–Crippen LogP) is 1.38. The summed E-state index contributed by atoms with van der Waals surface area (Å²) < 4.78 is 0. The Bertz CT molecular complexity index is 141. The highest BCUT2D eigenvalue weighted by Crippen LogP contribution is 2.03. The first-order valence-electron chi connectivity index (χ1n) is 4.92. The van der Waals surface area contributed by atoms with Crippen molar-refractivity contribution in [2.45, 2.75) is 32.2 Å². The number of nitrogens with two attached hydrogens (primary N) is 1. The Labute approximate surface area is 75.4 Å². The van der Waals surface area contributed by atoms with Gasteiger partial charge in [0.15, 0.2) is 0 Å². The highest BCUT2D eigenvalue weighted by molar-refractivity contribution is 4.90. The summed E-state index contributed by atoms with van der Waals surface area (Å²) in [7, 11) is 0. The second kappa shape index (κ2) is 5.33. The van der Waals surface area contributed by atoms with Crippen LogP contribution in [0.4, 0.5) is 0 Å². The third-order valence-corrected chi connectivity index (χ3v) is 2.28. The highest BCUT2D eigenvalue weighted by Gasteiger charge is 2.05. The van der Waals surface area contributed by atoms with Gasteiger partial charge in [0.2, 0.25) is 0 Å². The summed E-state index contributed by atoms with van der Waals surface area (Å²) >= 11 is 0. The smallest absolute Gasteiger partial charge is 0.0163 e. The summed E-state index contributed by atoms with van der Waals surface area (Å²) in [5.41, 5.74) is 5.68. The van der Waals surface area contributed by atoms with Crippen molar-refractivity contribution in [1.29, 1.82) is 0 Å². The minimum absolute atomic E-state index is 0.366. The van der Waals surface area contributed by atoms with Crippen molar-refractivity contribution in [1.82, 2.24) is 4.90 Å². The molecule has 2 heteroatoms. The zero-order valence-corrected chi connectivity index (χ0v) is 8.00. The normalized spacial score (nSPS) is 21.2. The molecule has 2 N–H and O–H groups in total. The topological polar surface area (TPSA) is 29.3 Å². The monoisotopic (exact) mass is 168 g/mol. The number of hydrogen-bond acceptors (Lipinski definition) is 2. The molecule has 0 spiro atoms. The average molecular weight is 168 g/mol. The molecule has 1 atom stereocenters. The largest absolute Gasteiger partial charge is 0.328 e. The molecule has 70 valence electrons. The van der Waals surface area contributed by atoms with Gasteiger partial charge in [0.25, 0.3) is 0 Å². The molecule has 12 heavy (non-hydrogen) atoms. The van der Waals surface area contributed by atoms with Crippen LogP contribution in [-0.4, -0.2) is 30.6 Å². The molecule has 0 bridgehead atoms. The van der Waals surface area contributed by atoms with Gasteiger partial charge < -0.3 is 5.73 Å². The molecule has 0 aliphatic carbocycles. The fraction of sp³-hybridized carbons (Fsp3) is 0.800. The molecule has 0 saturated heterocycles. The van der Waals surface area contributed by atoms with Crippen molar-refractivity contribution in [3.8, 4) is 0 Å². The van der Waals surface area contributed by atoms with Gasteiger partial charge in [-0.25, -0.2) is 0 Å². The second-order valence-corrected chi connectivity index (χ2v) is 3.68. The third kappa shape index (κ3) is 3.88. The summed E-state index contributed by atoms with van der Waals surface area (Å²) in [5, 5.41) is 0. The van der Waals surface area contributed by atoms with Gasteiger partial charge in [0, 0.05) is 19.1 Å². The molecule has 0 fully saturated rings. The van der Waals surface area contributed by atoms with E-state index in [1.807, 2.05) is 0 Å². The summed E-state index contributed by atoms with van der Waals surface area (Å²) in [6, 6.07) is 0.366. The highest BCUT2D eigenvalue weighted by atomic mass is 15.1. The lowest BCUT2D eigenvalue weighted by molar-refractivity contribution is 0.289. The molecular formula is C10H20N2. The molecule has 0 aromatic carbocycles. The third-order valence-electron chi connectivity index (χ3n) is 2.28. The average Bonchev–Trinajstić information content (AvgIpc) is 2.05. The quantitative estimate of drug-likeness (QED) is 0.642. The zero-order chi connectivity index (χ0) is 8.81. The maximum Gasteiger partial charge on any atom is 0.0163 e. The van der Waals surface area contributed by atoms with Crippen LogP contribution in [0.3, 0.4) is 0 Å². The van der Waals surface area contributed by atoms with Crippen LogP contribution < -0.4 is 5.73 Å². The van der Waals surface area contributed by atoms with E-state index in [1.54, 1.807) is 0 Å². The van der Waals surface area contributed by atoms with E-state index in [4.69, 9.17) is 5.73 Å². The van der Waals surface area contributed by atoms with E-state index in [0.29, 0.717) is 6.04 Å². The van der Waals surface area contributed by atoms with E-state index in [2.05, 4.69) is 24.0 Å². The summed E-state index contributed by atoms with van der Waals surface area (Å²) in [6.45, 7) is 5.66. The molecular weight excluding hydrogens is 148 g/mol. The van der Waals surface area contributed by atoms with Gasteiger partial charge >= 0.3 is 0 Å². The maximum absolute atomic E-state index is 5.68. The van der Waals surface area contributed by atoms with Gasteiger partial charge in [-0.3, -0.25) is 4.90 Å². The Morgan fingerprint density at radius 3 is 2.92 bits per heavy atom. The van der Waals surface area contributed by atoms with Crippen LogP contribution in [0.15, 0.2) is 12.2 Å². The Kier molecular flexibility index (Phi) is 4.33. The molecule has 0 amide bonds. The second-order valence-electron chi connectivity index (χ2n) is 3.68. The fourth-order valence-corrected chi connectivity index (χ4v) is 1.53. The van der Waals surface area contributed by atoms with Crippen molar-refractivity contribution < 1.29 is 0 Å². The molecule has 0 aromatic heterocycles. The van der Waals surface area contributed by atoms with E-state index >= 15 is 0 Å². The van der Waals surface area contributed by atoms with E-state index in [-0.39, 0.29) is 0 Å². The molecule has 1 aliphatic heterocycles. The van der Waals surface area contributed by atoms with E-state index in [9.17, 15) is 0 Å². The minimum atomic E-state index is 0.366. The SMILES string of the molecule is CC(N)CCCN1CC=CCC1. The standard InChI is InChI=1S/C10H20N2/c1-10(11)6-5-9-12-7-3-2-4-8-12/h2-3,10H,4-9,11H2,1H3. The molecule has 0 radical (unpaired) electrons. The van der Waals surface area contributed by atoms with Gasteiger partial charge in [0.05, 0.1) is 0 Å². The summed E-state index contributed by atoms with van der Waals surface area (Å²) in [5.74, 6) is 0. The van der Waals surface area contributed by atoms with Crippen LogP contribution in [0.2, 0.25) is 0 Å². The van der Waals surface area contributed by atoms with Crippen LogP contribution in [0.5, 0.6) is 0 Å². The van der Waals surface area contributed by atoms with E-state index in [0.717, 1.165) is 13.0 Å². The van der Waals surface area contributed by atoms with Crippen LogP contribution in [-0.2, 0) is 0 Å². The molecule has 1 rings (SSSR count). The molecule has 2 nitrogen and oxygen atoms in total. The molecule has 0 saturated carbocycles. The number of nitrogens with zero attached hydrogens (tertiary/aromatic N) is 1. The predicted molar refractivity (Wildman–Crippen MR) is 53.1 cm³/mol. The van der Waals surface area contributed by atoms with Crippen molar-refractivity contribution in [3.05, 3.63) is 12.2 Å². The fourth-order valence-electron chi connectivity index (χ4n) is 1.53. The molecule has 1 heterocycles. The Hall–Kier alpha value is -0.340. The van der Waals surface area contributed by atoms with Crippen molar-refractivity contribution in [3.63, 3.8) is 0 Å². The van der Waals surface area contributed by atoms with Crippen LogP contribution in [0.1, 0.15) is 26.2 Å². The lowest BCUT2D eigenvalue weighted by atomic mass is 10.1. The lowest BCUT2D eigenvalue weighted by Crippen LogP contribution is -2.29. The number of hydrogen-bond donors (Lipinski definition) is 1. The zero-order valence-electron chi connectivity index (χ0n) is 8.00. The van der Waals surface area contributed by atoms with Crippen molar-refractivity contribution in [2.24, 2.45) is 5.73 Å². The first kappa shape index (κ1) is 9.75. The Morgan fingerprint density at radius 2 is 2.33 bits per heavy atom. The van der Waals surface area contributed by atoms with Crippen LogP contribution >= 0.6 is 0 Å². The van der Waals surface area contributed by atoms with Gasteiger partial charge in [-0.15, -0.1) is 0 Å². The lowest BCUT2D eigenvalue weighted by Gasteiger charge is -2.22. The Balaban J connectivity index is 2.03. The summed E-state index contributed by atoms with van der Waals surface area (Å²) in [4.78, 5) is 2.49. The van der Waals surface area contributed by atoms with Gasteiger partial charge in [-0.1, -0.05) is 12.2 Å². The molecule has 0 aromatic rings. The Morgan fingerprint density at radius 1 is 1.50 bits per heavy atom.